The SMILES string of the molecule is CCN(CC)C(=O)[C@]1(c2ccccc2)C[C@@H]1CNc1nc(-c2cn3ccnc3cc2C)nc2ccccc12. The molecule has 1 fully saturated rings. The van der Waals surface area contributed by atoms with Gasteiger partial charge in [-0.15, -0.1) is 0 Å². The lowest BCUT2D eigenvalue weighted by molar-refractivity contribution is -0.134. The van der Waals surface area contributed by atoms with E-state index in [1.165, 1.54) is 0 Å². The molecule has 1 saturated carbocycles. The summed E-state index contributed by atoms with van der Waals surface area (Å²) in [6, 6.07) is 20.4. The van der Waals surface area contributed by atoms with E-state index >= 15 is 0 Å². The van der Waals surface area contributed by atoms with Crippen LogP contribution in [0.5, 0.6) is 0 Å². The second-order valence-electron chi connectivity index (χ2n) is 10.1. The minimum absolute atomic E-state index is 0.180. The quantitative estimate of drug-likeness (QED) is 0.302. The zero-order chi connectivity index (χ0) is 26.3. The number of hydrogen-bond donors (Lipinski definition) is 1. The molecule has 0 spiro atoms. The van der Waals surface area contributed by atoms with Crippen LogP contribution in [0.4, 0.5) is 5.82 Å². The lowest BCUT2D eigenvalue weighted by Gasteiger charge is -2.26. The number of imidazole rings is 1. The van der Waals surface area contributed by atoms with Crippen molar-refractivity contribution in [3.63, 3.8) is 0 Å². The highest BCUT2D eigenvalue weighted by atomic mass is 16.2. The van der Waals surface area contributed by atoms with Crippen LogP contribution in [-0.4, -0.2) is 49.8 Å². The number of nitrogens with one attached hydrogen (secondary N) is 1. The standard InChI is InChI=1S/C31H32N6O/c1-4-36(5-2)30(38)31(22-11-7-6-8-12-22)18-23(31)19-33-28-24-13-9-10-14-26(24)34-29(35-28)25-20-37-16-15-32-27(37)17-21(25)3/h6-17,20,23H,4-5,18-19H2,1-3H3,(H,33,34,35)/t23-,31+/m1/s1. The van der Waals surface area contributed by atoms with Gasteiger partial charge in [0, 0.05) is 49.2 Å². The van der Waals surface area contributed by atoms with Crippen LogP contribution in [0.15, 0.2) is 79.3 Å². The number of nitrogens with zero attached hydrogens (tertiary/aromatic N) is 5. The number of para-hydroxylation sites is 1. The van der Waals surface area contributed by atoms with Crippen molar-refractivity contribution in [2.75, 3.05) is 25.0 Å². The molecule has 0 unspecified atom stereocenters. The molecule has 0 aliphatic heterocycles. The maximum atomic E-state index is 13.8. The van der Waals surface area contributed by atoms with Crippen LogP contribution in [0.1, 0.15) is 31.4 Å². The predicted octanol–water partition coefficient (Wildman–Crippen LogP) is 5.49. The average Bonchev–Trinajstić information content (AvgIpc) is 3.52. The predicted molar refractivity (Wildman–Crippen MR) is 151 cm³/mol. The Labute approximate surface area is 222 Å². The van der Waals surface area contributed by atoms with Gasteiger partial charge in [-0.05, 0) is 62.4 Å². The van der Waals surface area contributed by atoms with E-state index in [-0.39, 0.29) is 11.8 Å². The molecule has 7 nitrogen and oxygen atoms in total. The molecule has 2 aromatic carbocycles. The van der Waals surface area contributed by atoms with E-state index in [9.17, 15) is 4.79 Å². The molecule has 5 aromatic rings. The van der Waals surface area contributed by atoms with Gasteiger partial charge in [-0.3, -0.25) is 4.79 Å². The van der Waals surface area contributed by atoms with E-state index in [1.807, 2.05) is 78.0 Å². The topological polar surface area (TPSA) is 75.4 Å². The van der Waals surface area contributed by atoms with Crippen molar-refractivity contribution in [3.05, 3.63) is 90.4 Å². The van der Waals surface area contributed by atoms with E-state index in [0.29, 0.717) is 25.5 Å². The van der Waals surface area contributed by atoms with Gasteiger partial charge in [0.1, 0.15) is 11.5 Å². The first-order chi connectivity index (χ1) is 18.5. The van der Waals surface area contributed by atoms with E-state index in [2.05, 4.69) is 35.4 Å². The molecule has 2 atom stereocenters. The fourth-order valence-electron chi connectivity index (χ4n) is 5.69. The summed E-state index contributed by atoms with van der Waals surface area (Å²) in [7, 11) is 0. The molecule has 0 radical (unpaired) electrons. The first-order valence-corrected chi connectivity index (χ1v) is 13.3. The zero-order valence-corrected chi connectivity index (χ0v) is 22.1. The van der Waals surface area contributed by atoms with Crippen molar-refractivity contribution in [1.29, 1.82) is 0 Å². The molecule has 1 aliphatic carbocycles. The van der Waals surface area contributed by atoms with Crippen LogP contribution in [0, 0.1) is 12.8 Å². The van der Waals surface area contributed by atoms with Gasteiger partial charge in [-0.1, -0.05) is 42.5 Å². The first-order valence-electron chi connectivity index (χ1n) is 13.3. The molecule has 3 aromatic heterocycles. The van der Waals surface area contributed by atoms with E-state index in [4.69, 9.17) is 9.97 Å². The van der Waals surface area contributed by atoms with Crippen LogP contribution in [0.2, 0.25) is 0 Å². The number of fused-ring (bicyclic) bond motifs is 2. The highest BCUT2D eigenvalue weighted by Crippen LogP contribution is 2.55. The molecule has 1 amide bonds. The highest BCUT2D eigenvalue weighted by Gasteiger charge is 2.61. The van der Waals surface area contributed by atoms with Crippen molar-refractivity contribution >= 4 is 28.3 Å². The van der Waals surface area contributed by atoms with Gasteiger partial charge in [-0.25, -0.2) is 15.0 Å². The van der Waals surface area contributed by atoms with E-state index < -0.39 is 5.41 Å². The van der Waals surface area contributed by atoms with Crippen LogP contribution < -0.4 is 5.32 Å². The normalized spacial score (nSPS) is 18.6. The van der Waals surface area contributed by atoms with E-state index in [0.717, 1.165) is 45.5 Å². The Bertz CT molecular complexity index is 1620. The van der Waals surface area contributed by atoms with Crippen LogP contribution in [0.25, 0.3) is 27.9 Å². The van der Waals surface area contributed by atoms with Gasteiger partial charge in [0.2, 0.25) is 5.91 Å². The summed E-state index contributed by atoms with van der Waals surface area (Å²) in [6.45, 7) is 8.24. The van der Waals surface area contributed by atoms with Gasteiger partial charge in [0.05, 0.1) is 10.9 Å². The summed E-state index contributed by atoms with van der Waals surface area (Å²) >= 11 is 0. The molecule has 6 rings (SSSR count). The van der Waals surface area contributed by atoms with Crippen molar-refractivity contribution in [1.82, 2.24) is 24.3 Å². The Morgan fingerprint density at radius 1 is 1.08 bits per heavy atom. The third kappa shape index (κ3) is 3.99. The molecular weight excluding hydrogens is 472 g/mol. The molecular formula is C31H32N6O. The number of pyridine rings is 1. The number of rotatable bonds is 8. The smallest absolute Gasteiger partial charge is 0.233 e. The fourth-order valence-corrected chi connectivity index (χ4v) is 5.69. The monoisotopic (exact) mass is 504 g/mol. The lowest BCUT2D eigenvalue weighted by atomic mass is 9.91. The molecule has 1 aliphatic rings. The van der Waals surface area contributed by atoms with Gasteiger partial charge in [-0.2, -0.15) is 0 Å². The number of anilines is 1. The van der Waals surface area contributed by atoms with Gasteiger partial charge < -0.3 is 14.6 Å². The molecule has 38 heavy (non-hydrogen) atoms. The summed E-state index contributed by atoms with van der Waals surface area (Å²) in [4.78, 5) is 30.0. The van der Waals surface area contributed by atoms with Crippen molar-refractivity contribution in [2.24, 2.45) is 5.92 Å². The molecule has 7 heteroatoms. The molecule has 3 heterocycles. The summed E-state index contributed by atoms with van der Waals surface area (Å²) in [5, 5.41) is 4.60. The minimum atomic E-state index is -0.491. The Morgan fingerprint density at radius 2 is 1.84 bits per heavy atom. The van der Waals surface area contributed by atoms with Gasteiger partial charge >= 0.3 is 0 Å². The maximum absolute atomic E-state index is 13.8. The number of hydrogen-bond acceptors (Lipinski definition) is 5. The molecule has 192 valence electrons. The number of carbonyl (C=O) groups is 1. The Hall–Kier alpha value is -4.26. The number of benzene rings is 2. The highest BCUT2D eigenvalue weighted by molar-refractivity contribution is 5.93. The lowest BCUT2D eigenvalue weighted by Crippen LogP contribution is -2.40. The second-order valence-corrected chi connectivity index (χ2v) is 10.1. The van der Waals surface area contributed by atoms with Crippen molar-refractivity contribution in [3.8, 4) is 11.4 Å². The maximum Gasteiger partial charge on any atom is 0.233 e. The number of likely N-dealkylation sites (N-methyl/N-ethyl adjacent to an activating group) is 1. The summed E-state index contributed by atoms with van der Waals surface area (Å²) in [6.07, 6.45) is 6.59. The first kappa shape index (κ1) is 24.1. The van der Waals surface area contributed by atoms with Gasteiger partial charge in [0.15, 0.2) is 5.82 Å². The Kier molecular flexibility index (Phi) is 6.06. The largest absolute Gasteiger partial charge is 0.369 e. The zero-order valence-electron chi connectivity index (χ0n) is 22.1. The number of carbonyl (C=O) groups excluding carboxylic acids is 1. The third-order valence-electron chi connectivity index (χ3n) is 7.92. The minimum Gasteiger partial charge on any atom is -0.369 e. The Morgan fingerprint density at radius 3 is 2.63 bits per heavy atom. The number of aryl methyl sites for hydroxylation is 1. The van der Waals surface area contributed by atoms with Crippen molar-refractivity contribution in [2.45, 2.75) is 32.6 Å². The summed E-state index contributed by atoms with van der Waals surface area (Å²) in [5.74, 6) is 1.86. The van der Waals surface area contributed by atoms with Gasteiger partial charge in [0.25, 0.3) is 0 Å². The van der Waals surface area contributed by atoms with E-state index in [1.54, 1.807) is 6.20 Å². The van der Waals surface area contributed by atoms with Crippen molar-refractivity contribution < 1.29 is 4.79 Å². The molecule has 0 saturated heterocycles. The molecule has 1 N–H and O–H groups in total. The Balaban J connectivity index is 1.35. The van der Waals surface area contributed by atoms with Crippen LogP contribution in [0.3, 0.4) is 0 Å². The number of amides is 1. The third-order valence-corrected chi connectivity index (χ3v) is 7.92. The molecule has 0 bridgehead atoms. The fraction of sp³-hybridized carbons (Fsp3) is 0.290. The van der Waals surface area contributed by atoms with Crippen LogP contribution >= 0.6 is 0 Å². The summed E-state index contributed by atoms with van der Waals surface area (Å²) in [5.41, 5.74) is 4.42. The summed E-state index contributed by atoms with van der Waals surface area (Å²) < 4.78 is 1.99. The second kappa shape index (κ2) is 9.56. The average molecular weight is 505 g/mol. The van der Waals surface area contributed by atoms with Crippen LogP contribution in [-0.2, 0) is 10.2 Å². The number of aromatic nitrogens is 4.